The van der Waals surface area contributed by atoms with Crippen LogP contribution < -0.4 is 4.90 Å². The molecular weight excluding hydrogens is 258 g/mol. The zero-order valence-corrected chi connectivity index (χ0v) is 11.8. The summed E-state index contributed by atoms with van der Waals surface area (Å²) >= 11 is 0. The summed E-state index contributed by atoms with van der Waals surface area (Å²) in [6.07, 6.45) is 0. The van der Waals surface area contributed by atoms with E-state index in [1.54, 1.807) is 0 Å². The summed E-state index contributed by atoms with van der Waals surface area (Å²) in [6, 6.07) is 22.1. The van der Waals surface area contributed by atoms with Gasteiger partial charge in [0.1, 0.15) is 6.07 Å². The number of pyridine rings is 1. The molecule has 21 heavy (non-hydrogen) atoms. The van der Waals surface area contributed by atoms with E-state index in [1.807, 2.05) is 60.7 Å². The van der Waals surface area contributed by atoms with Crippen molar-refractivity contribution >= 4 is 22.4 Å². The number of hydrogen-bond acceptors (Lipinski definition) is 3. The Morgan fingerprint density at radius 2 is 1.76 bits per heavy atom. The minimum Gasteiger partial charge on any atom is -0.326 e. The van der Waals surface area contributed by atoms with Crippen LogP contribution in [0.5, 0.6) is 0 Å². The van der Waals surface area contributed by atoms with Gasteiger partial charge in [0.05, 0.1) is 11.1 Å². The summed E-state index contributed by atoms with van der Waals surface area (Å²) in [5.41, 5.74) is 2.54. The number of rotatable bonds is 3. The Labute approximate surface area is 124 Å². The Bertz CT molecular complexity index is 804. The van der Waals surface area contributed by atoms with E-state index in [-0.39, 0.29) is 0 Å². The molecule has 0 saturated heterocycles. The third-order valence-electron chi connectivity index (χ3n) is 3.46. The van der Waals surface area contributed by atoms with Crippen LogP contribution in [0.25, 0.3) is 10.9 Å². The predicted octanol–water partition coefficient (Wildman–Crippen LogP) is 4.26. The molecule has 0 fully saturated rings. The molecule has 102 valence electrons. The quantitative estimate of drug-likeness (QED) is 0.715. The second-order valence-electron chi connectivity index (χ2n) is 4.74. The number of para-hydroxylation sites is 2. The van der Waals surface area contributed by atoms with Crippen molar-refractivity contribution in [1.82, 2.24) is 4.98 Å². The van der Waals surface area contributed by atoms with Crippen molar-refractivity contribution in [2.75, 3.05) is 11.4 Å². The molecule has 0 aliphatic rings. The van der Waals surface area contributed by atoms with Gasteiger partial charge in [-0.1, -0.05) is 36.4 Å². The average Bonchev–Trinajstić information content (AvgIpc) is 2.56. The number of benzene rings is 2. The van der Waals surface area contributed by atoms with Crippen LogP contribution in [-0.2, 0) is 0 Å². The standard InChI is InChI=1S/C18H15N3/c1-2-21(16-9-4-3-5-10-16)18-15(13-19)12-14-8-6-7-11-17(14)20-18/h3-12H,2H2,1H3. The maximum atomic E-state index is 9.45. The highest BCUT2D eigenvalue weighted by atomic mass is 15.2. The van der Waals surface area contributed by atoms with Crippen molar-refractivity contribution in [1.29, 1.82) is 5.26 Å². The molecule has 1 heterocycles. The van der Waals surface area contributed by atoms with Crippen molar-refractivity contribution in [3.05, 3.63) is 66.2 Å². The zero-order chi connectivity index (χ0) is 14.7. The molecule has 2 aromatic carbocycles. The highest BCUT2D eigenvalue weighted by Gasteiger charge is 2.14. The molecular formula is C18H15N3. The molecule has 1 aromatic heterocycles. The molecule has 0 atom stereocenters. The lowest BCUT2D eigenvalue weighted by molar-refractivity contribution is 0.993. The fourth-order valence-corrected chi connectivity index (χ4v) is 2.46. The van der Waals surface area contributed by atoms with Crippen molar-refractivity contribution in [3.63, 3.8) is 0 Å². The fourth-order valence-electron chi connectivity index (χ4n) is 2.46. The Morgan fingerprint density at radius 3 is 2.48 bits per heavy atom. The summed E-state index contributed by atoms with van der Waals surface area (Å²) in [5.74, 6) is 0.713. The molecule has 0 aliphatic heterocycles. The topological polar surface area (TPSA) is 39.9 Å². The third kappa shape index (κ3) is 2.44. The molecule has 0 unspecified atom stereocenters. The summed E-state index contributed by atoms with van der Waals surface area (Å²) in [6.45, 7) is 2.81. The van der Waals surface area contributed by atoms with Gasteiger partial charge in [-0.25, -0.2) is 4.98 Å². The Morgan fingerprint density at radius 1 is 1.05 bits per heavy atom. The Hall–Kier alpha value is -2.86. The summed E-state index contributed by atoms with van der Waals surface area (Å²) in [5, 5.41) is 10.4. The van der Waals surface area contributed by atoms with Crippen LogP contribution in [-0.4, -0.2) is 11.5 Å². The number of anilines is 2. The highest BCUT2D eigenvalue weighted by Crippen LogP contribution is 2.28. The molecule has 3 nitrogen and oxygen atoms in total. The van der Waals surface area contributed by atoms with Gasteiger partial charge in [0.2, 0.25) is 0 Å². The largest absolute Gasteiger partial charge is 0.326 e. The molecule has 3 heteroatoms. The van der Waals surface area contributed by atoms with Crippen LogP contribution in [0.4, 0.5) is 11.5 Å². The number of aromatic nitrogens is 1. The second-order valence-corrected chi connectivity index (χ2v) is 4.74. The van der Waals surface area contributed by atoms with Crippen LogP contribution in [0.1, 0.15) is 12.5 Å². The van der Waals surface area contributed by atoms with E-state index in [0.717, 1.165) is 23.1 Å². The minimum absolute atomic E-state index is 0.597. The molecule has 3 aromatic rings. The van der Waals surface area contributed by atoms with Gasteiger partial charge in [0.15, 0.2) is 5.82 Å². The lowest BCUT2D eigenvalue weighted by Gasteiger charge is -2.23. The van der Waals surface area contributed by atoms with Crippen molar-refractivity contribution < 1.29 is 0 Å². The second kappa shape index (κ2) is 5.64. The highest BCUT2D eigenvalue weighted by molar-refractivity contribution is 5.84. The van der Waals surface area contributed by atoms with Gasteiger partial charge in [0.25, 0.3) is 0 Å². The molecule has 3 rings (SSSR count). The van der Waals surface area contributed by atoms with Crippen LogP contribution in [0, 0.1) is 11.3 Å². The number of nitriles is 1. The lowest BCUT2D eigenvalue weighted by atomic mass is 10.1. The smallest absolute Gasteiger partial charge is 0.151 e. The van der Waals surface area contributed by atoms with Crippen molar-refractivity contribution in [2.24, 2.45) is 0 Å². The first-order valence-electron chi connectivity index (χ1n) is 6.96. The van der Waals surface area contributed by atoms with Crippen molar-refractivity contribution in [2.45, 2.75) is 6.92 Å². The first kappa shape index (κ1) is 13.1. The minimum atomic E-state index is 0.597. The Kier molecular flexibility index (Phi) is 3.53. The number of nitrogens with zero attached hydrogens (tertiary/aromatic N) is 3. The van der Waals surface area contributed by atoms with E-state index in [4.69, 9.17) is 4.98 Å². The van der Waals surface area contributed by atoms with Gasteiger partial charge >= 0.3 is 0 Å². The maximum Gasteiger partial charge on any atom is 0.151 e. The van der Waals surface area contributed by atoms with E-state index in [9.17, 15) is 5.26 Å². The first-order valence-corrected chi connectivity index (χ1v) is 6.96. The van der Waals surface area contributed by atoms with Gasteiger partial charge in [-0.15, -0.1) is 0 Å². The molecule has 0 bridgehead atoms. The van der Waals surface area contributed by atoms with Gasteiger partial charge in [-0.2, -0.15) is 5.26 Å². The van der Waals surface area contributed by atoms with E-state index in [0.29, 0.717) is 11.4 Å². The first-order chi connectivity index (χ1) is 10.3. The van der Waals surface area contributed by atoms with Gasteiger partial charge in [-0.05, 0) is 31.2 Å². The van der Waals surface area contributed by atoms with Crippen LogP contribution in [0.3, 0.4) is 0 Å². The summed E-state index contributed by atoms with van der Waals surface area (Å²) in [7, 11) is 0. The third-order valence-corrected chi connectivity index (χ3v) is 3.46. The molecule has 0 saturated carbocycles. The van der Waals surface area contributed by atoms with Crippen molar-refractivity contribution in [3.8, 4) is 6.07 Å². The van der Waals surface area contributed by atoms with Crippen LogP contribution in [0.15, 0.2) is 60.7 Å². The van der Waals surface area contributed by atoms with E-state index >= 15 is 0 Å². The average molecular weight is 273 g/mol. The maximum absolute atomic E-state index is 9.45. The molecule has 0 N–H and O–H groups in total. The van der Waals surface area contributed by atoms with Crippen LogP contribution >= 0.6 is 0 Å². The fraction of sp³-hybridized carbons (Fsp3) is 0.111. The molecule has 0 spiro atoms. The normalized spacial score (nSPS) is 10.3. The van der Waals surface area contributed by atoms with E-state index in [2.05, 4.69) is 17.9 Å². The van der Waals surface area contributed by atoms with E-state index in [1.165, 1.54) is 0 Å². The molecule has 0 radical (unpaired) electrons. The van der Waals surface area contributed by atoms with Gasteiger partial charge < -0.3 is 4.90 Å². The number of fused-ring (bicyclic) bond motifs is 1. The zero-order valence-electron chi connectivity index (χ0n) is 11.8. The summed E-state index contributed by atoms with van der Waals surface area (Å²) < 4.78 is 0. The monoisotopic (exact) mass is 273 g/mol. The lowest BCUT2D eigenvalue weighted by Crippen LogP contribution is -2.18. The van der Waals surface area contributed by atoms with Crippen LogP contribution in [0.2, 0.25) is 0 Å². The molecule has 0 amide bonds. The summed E-state index contributed by atoms with van der Waals surface area (Å²) in [4.78, 5) is 6.76. The van der Waals surface area contributed by atoms with Gasteiger partial charge in [-0.3, -0.25) is 0 Å². The van der Waals surface area contributed by atoms with E-state index < -0.39 is 0 Å². The van der Waals surface area contributed by atoms with Gasteiger partial charge in [0, 0.05) is 17.6 Å². The molecule has 0 aliphatic carbocycles. The Balaban J connectivity index is 2.20. The SMILES string of the molecule is CCN(c1ccccc1)c1nc2ccccc2cc1C#N. The number of hydrogen-bond donors (Lipinski definition) is 0. The predicted molar refractivity (Wildman–Crippen MR) is 85.6 cm³/mol.